The van der Waals surface area contributed by atoms with E-state index in [4.69, 9.17) is 4.42 Å². The molecule has 3 heteroatoms. The molecule has 0 aliphatic carbocycles. The van der Waals surface area contributed by atoms with Gasteiger partial charge in [0.15, 0.2) is 0 Å². The SMILES string of the molecule is CCc1coc2c1CN=C(C)c1cccn1-2. The Hall–Kier alpha value is -1.77. The molecule has 3 nitrogen and oxygen atoms in total. The summed E-state index contributed by atoms with van der Waals surface area (Å²) >= 11 is 0. The van der Waals surface area contributed by atoms with Crippen LogP contribution in [0, 0.1) is 0 Å². The molecule has 0 spiro atoms. The van der Waals surface area contributed by atoms with E-state index in [1.165, 1.54) is 11.1 Å². The maximum atomic E-state index is 5.68. The van der Waals surface area contributed by atoms with Crippen LogP contribution in [0.3, 0.4) is 0 Å². The minimum Gasteiger partial charge on any atom is -0.447 e. The van der Waals surface area contributed by atoms with Crippen molar-refractivity contribution in [2.24, 2.45) is 4.99 Å². The van der Waals surface area contributed by atoms with Gasteiger partial charge in [-0.3, -0.25) is 9.56 Å². The van der Waals surface area contributed by atoms with E-state index in [2.05, 4.69) is 22.5 Å². The molecule has 0 saturated heterocycles. The minimum atomic E-state index is 0.725. The lowest BCUT2D eigenvalue weighted by Crippen LogP contribution is -2.01. The number of hydrogen-bond donors (Lipinski definition) is 0. The van der Waals surface area contributed by atoms with Gasteiger partial charge in [-0.25, -0.2) is 0 Å². The zero-order valence-corrected chi connectivity index (χ0v) is 9.53. The summed E-state index contributed by atoms with van der Waals surface area (Å²) in [5.41, 5.74) is 4.67. The van der Waals surface area contributed by atoms with Crippen LogP contribution in [-0.4, -0.2) is 10.3 Å². The molecule has 1 aliphatic rings. The Labute approximate surface area is 94.4 Å². The molecule has 2 aromatic heterocycles. The number of furan rings is 1. The fraction of sp³-hybridized carbons (Fsp3) is 0.308. The van der Waals surface area contributed by atoms with Gasteiger partial charge >= 0.3 is 0 Å². The maximum absolute atomic E-state index is 5.68. The lowest BCUT2D eigenvalue weighted by molar-refractivity contribution is 0.534. The Bertz CT molecular complexity index is 560. The van der Waals surface area contributed by atoms with E-state index in [1.54, 1.807) is 0 Å². The molecule has 0 radical (unpaired) electrons. The molecule has 1 aliphatic heterocycles. The van der Waals surface area contributed by atoms with Gasteiger partial charge in [-0.05, 0) is 31.0 Å². The topological polar surface area (TPSA) is 30.4 Å². The van der Waals surface area contributed by atoms with Gasteiger partial charge < -0.3 is 4.42 Å². The lowest BCUT2D eigenvalue weighted by Gasteiger charge is -2.03. The van der Waals surface area contributed by atoms with Crippen molar-refractivity contribution in [3.05, 3.63) is 41.4 Å². The first-order valence-corrected chi connectivity index (χ1v) is 5.59. The van der Waals surface area contributed by atoms with Crippen molar-refractivity contribution in [1.82, 2.24) is 4.57 Å². The zero-order valence-electron chi connectivity index (χ0n) is 9.53. The Morgan fingerprint density at radius 3 is 3.19 bits per heavy atom. The second-order valence-electron chi connectivity index (χ2n) is 4.06. The molecular formula is C13H14N2O. The van der Waals surface area contributed by atoms with Gasteiger partial charge in [-0.15, -0.1) is 0 Å². The van der Waals surface area contributed by atoms with Crippen LogP contribution in [0.25, 0.3) is 5.88 Å². The molecule has 0 amide bonds. The highest BCUT2D eigenvalue weighted by molar-refractivity contribution is 5.98. The molecule has 0 N–H and O–H groups in total. The number of rotatable bonds is 1. The third kappa shape index (κ3) is 1.18. The number of aliphatic imine (C=N–C) groups is 1. The first-order valence-electron chi connectivity index (χ1n) is 5.59. The highest BCUT2D eigenvalue weighted by Crippen LogP contribution is 2.27. The normalized spacial score (nSPS) is 14.0. The summed E-state index contributed by atoms with van der Waals surface area (Å²) in [7, 11) is 0. The van der Waals surface area contributed by atoms with E-state index in [0.717, 1.165) is 30.3 Å². The van der Waals surface area contributed by atoms with E-state index in [0.29, 0.717) is 0 Å². The number of nitrogens with zero attached hydrogens (tertiary/aromatic N) is 2. The Morgan fingerprint density at radius 2 is 2.38 bits per heavy atom. The van der Waals surface area contributed by atoms with Gasteiger partial charge in [0.25, 0.3) is 0 Å². The molecule has 0 aromatic carbocycles. The van der Waals surface area contributed by atoms with Gasteiger partial charge in [0.05, 0.1) is 24.2 Å². The molecule has 0 unspecified atom stereocenters. The quantitative estimate of drug-likeness (QED) is 0.717. The Kier molecular flexibility index (Phi) is 1.99. The molecule has 3 rings (SSSR count). The van der Waals surface area contributed by atoms with Crippen LogP contribution in [-0.2, 0) is 13.0 Å². The largest absolute Gasteiger partial charge is 0.447 e. The van der Waals surface area contributed by atoms with Gasteiger partial charge in [0.2, 0.25) is 5.88 Å². The summed E-state index contributed by atoms with van der Waals surface area (Å²) in [5.74, 6) is 0.928. The van der Waals surface area contributed by atoms with Crippen molar-refractivity contribution in [3.8, 4) is 5.88 Å². The third-order valence-corrected chi connectivity index (χ3v) is 3.15. The smallest absolute Gasteiger partial charge is 0.209 e. The predicted molar refractivity (Wildman–Crippen MR) is 63.3 cm³/mol. The predicted octanol–water partition coefficient (Wildman–Crippen LogP) is 2.96. The first-order chi connectivity index (χ1) is 7.81. The van der Waals surface area contributed by atoms with Crippen LogP contribution in [0.1, 0.15) is 30.7 Å². The van der Waals surface area contributed by atoms with Crippen LogP contribution in [0.2, 0.25) is 0 Å². The molecule has 82 valence electrons. The number of fused-ring (bicyclic) bond motifs is 3. The van der Waals surface area contributed by atoms with E-state index in [1.807, 2.05) is 25.5 Å². The van der Waals surface area contributed by atoms with Crippen LogP contribution in [0.15, 0.2) is 34.0 Å². The summed E-state index contributed by atoms with van der Waals surface area (Å²) in [6.45, 7) is 4.91. The standard InChI is InChI=1S/C13H14N2O/c1-3-10-8-16-13-11(10)7-14-9(2)12-5-4-6-15(12)13/h4-6,8H,3,7H2,1-2H3. The van der Waals surface area contributed by atoms with E-state index < -0.39 is 0 Å². The lowest BCUT2D eigenvalue weighted by atomic mass is 10.1. The second kappa shape index (κ2) is 3.37. The van der Waals surface area contributed by atoms with Crippen LogP contribution >= 0.6 is 0 Å². The van der Waals surface area contributed by atoms with Gasteiger partial charge in [-0.1, -0.05) is 6.92 Å². The van der Waals surface area contributed by atoms with Crippen molar-refractivity contribution in [2.45, 2.75) is 26.8 Å². The molecule has 0 saturated carbocycles. The highest BCUT2D eigenvalue weighted by atomic mass is 16.3. The second-order valence-corrected chi connectivity index (χ2v) is 4.06. The van der Waals surface area contributed by atoms with Crippen molar-refractivity contribution in [2.75, 3.05) is 0 Å². The van der Waals surface area contributed by atoms with Crippen molar-refractivity contribution >= 4 is 5.71 Å². The van der Waals surface area contributed by atoms with E-state index in [-0.39, 0.29) is 0 Å². The molecule has 2 aromatic rings. The van der Waals surface area contributed by atoms with Crippen LogP contribution < -0.4 is 0 Å². The Balaban J connectivity index is 2.28. The van der Waals surface area contributed by atoms with Gasteiger partial charge in [-0.2, -0.15) is 0 Å². The number of aryl methyl sites for hydroxylation is 1. The molecule has 0 fully saturated rings. The monoisotopic (exact) mass is 214 g/mol. The summed E-state index contributed by atoms with van der Waals surface area (Å²) in [6.07, 6.45) is 4.87. The molecule has 0 bridgehead atoms. The van der Waals surface area contributed by atoms with E-state index in [9.17, 15) is 0 Å². The van der Waals surface area contributed by atoms with Crippen molar-refractivity contribution in [1.29, 1.82) is 0 Å². The molecule has 0 atom stereocenters. The maximum Gasteiger partial charge on any atom is 0.209 e. The van der Waals surface area contributed by atoms with Crippen LogP contribution in [0.4, 0.5) is 0 Å². The number of hydrogen-bond acceptors (Lipinski definition) is 2. The van der Waals surface area contributed by atoms with Gasteiger partial charge in [0.1, 0.15) is 0 Å². The summed E-state index contributed by atoms with van der Waals surface area (Å²) in [6, 6.07) is 4.10. The highest BCUT2D eigenvalue weighted by Gasteiger charge is 2.19. The summed E-state index contributed by atoms with van der Waals surface area (Å²) in [4.78, 5) is 4.60. The van der Waals surface area contributed by atoms with Gasteiger partial charge in [0, 0.05) is 11.8 Å². The first kappa shape index (κ1) is 9.46. The fourth-order valence-corrected chi connectivity index (χ4v) is 2.21. The van der Waals surface area contributed by atoms with E-state index >= 15 is 0 Å². The van der Waals surface area contributed by atoms with Crippen LogP contribution in [0.5, 0.6) is 0 Å². The number of aromatic nitrogens is 1. The minimum absolute atomic E-state index is 0.725. The Morgan fingerprint density at radius 1 is 1.50 bits per heavy atom. The van der Waals surface area contributed by atoms with Crippen molar-refractivity contribution in [3.63, 3.8) is 0 Å². The summed E-state index contributed by atoms with van der Waals surface area (Å²) in [5, 5.41) is 0. The molecule has 3 heterocycles. The molecule has 16 heavy (non-hydrogen) atoms. The summed E-state index contributed by atoms with van der Waals surface area (Å²) < 4.78 is 7.76. The fourth-order valence-electron chi connectivity index (χ4n) is 2.21. The average Bonchev–Trinajstić information content (AvgIpc) is 2.89. The van der Waals surface area contributed by atoms with Crippen molar-refractivity contribution < 1.29 is 4.42 Å². The third-order valence-electron chi connectivity index (χ3n) is 3.15. The average molecular weight is 214 g/mol. The molecular weight excluding hydrogens is 200 g/mol. The zero-order chi connectivity index (χ0) is 11.1.